The Bertz CT molecular complexity index is 586. The molecule has 2 aliphatic rings. The summed E-state index contributed by atoms with van der Waals surface area (Å²) in [6, 6.07) is 3.66. The molecule has 1 aliphatic carbocycles. The minimum absolute atomic E-state index is 0.0688. The van der Waals surface area contributed by atoms with Crippen LogP contribution < -0.4 is 5.32 Å². The van der Waals surface area contributed by atoms with Gasteiger partial charge in [-0.15, -0.1) is 0 Å². The number of aromatic nitrogens is 1. The van der Waals surface area contributed by atoms with Crippen molar-refractivity contribution in [1.82, 2.24) is 15.2 Å². The summed E-state index contributed by atoms with van der Waals surface area (Å²) in [6.45, 7) is 0.0981. The molecular weight excluding hydrogens is 256 g/mol. The van der Waals surface area contributed by atoms with Crippen molar-refractivity contribution in [2.75, 3.05) is 6.54 Å². The van der Waals surface area contributed by atoms with Gasteiger partial charge in [0, 0.05) is 12.2 Å². The Hall–Kier alpha value is -2.29. The Kier molecular flexibility index (Phi) is 3.18. The number of piperazine rings is 1. The second-order valence-electron chi connectivity index (χ2n) is 5.37. The van der Waals surface area contributed by atoms with Crippen LogP contribution in [0, 0.1) is 11.3 Å². The molecule has 2 amide bonds. The average Bonchev–Trinajstić information content (AvgIpc) is 2.94. The Balaban J connectivity index is 1.84. The van der Waals surface area contributed by atoms with Gasteiger partial charge < -0.3 is 15.2 Å². The maximum absolute atomic E-state index is 12.5. The van der Waals surface area contributed by atoms with E-state index >= 15 is 0 Å². The second kappa shape index (κ2) is 5.00. The lowest BCUT2D eigenvalue weighted by Gasteiger charge is -2.43. The van der Waals surface area contributed by atoms with E-state index in [9.17, 15) is 9.59 Å². The van der Waals surface area contributed by atoms with Crippen molar-refractivity contribution in [3.63, 3.8) is 0 Å². The van der Waals surface area contributed by atoms with Gasteiger partial charge in [-0.1, -0.05) is 12.8 Å². The number of H-pyrrole nitrogens is 1. The van der Waals surface area contributed by atoms with Crippen LogP contribution in [0.2, 0.25) is 0 Å². The first-order valence-corrected chi connectivity index (χ1v) is 6.88. The topological polar surface area (TPSA) is 89.0 Å². The fourth-order valence-corrected chi connectivity index (χ4v) is 3.14. The molecule has 0 unspecified atom stereocenters. The highest BCUT2D eigenvalue weighted by Crippen LogP contribution is 2.26. The van der Waals surface area contributed by atoms with Crippen molar-refractivity contribution in [2.24, 2.45) is 0 Å². The monoisotopic (exact) mass is 272 g/mol. The molecule has 1 saturated heterocycles. The highest BCUT2D eigenvalue weighted by molar-refractivity contribution is 5.96. The molecule has 6 nitrogen and oxygen atoms in total. The van der Waals surface area contributed by atoms with Crippen molar-refractivity contribution in [1.29, 1.82) is 5.26 Å². The third kappa shape index (κ3) is 2.16. The second-order valence-corrected chi connectivity index (χ2v) is 5.37. The fraction of sp³-hybridized carbons (Fsp3) is 0.500. The van der Waals surface area contributed by atoms with E-state index in [1.54, 1.807) is 4.90 Å². The standard InChI is InChI=1S/C14H16N4O2/c15-6-9-5-11(16-7-9)14(20)18-8-13(19)17-10-3-1-2-4-12(10)18/h5,7,10,12,16H,1-4,8H2,(H,17,19)/t10-,12+/m1/s1. The molecule has 0 spiro atoms. The number of nitriles is 1. The molecule has 1 aromatic heterocycles. The summed E-state index contributed by atoms with van der Waals surface area (Å²) in [5.74, 6) is -0.299. The average molecular weight is 272 g/mol. The predicted molar refractivity (Wildman–Crippen MR) is 70.7 cm³/mol. The molecule has 20 heavy (non-hydrogen) atoms. The highest BCUT2D eigenvalue weighted by Gasteiger charge is 2.39. The van der Waals surface area contributed by atoms with E-state index in [4.69, 9.17) is 5.26 Å². The Morgan fingerprint density at radius 1 is 1.40 bits per heavy atom. The molecule has 104 valence electrons. The minimum atomic E-state index is -0.196. The van der Waals surface area contributed by atoms with Crippen molar-refractivity contribution >= 4 is 11.8 Å². The quantitative estimate of drug-likeness (QED) is 0.791. The molecule has 0 radical (unpaired) electrons. The Morgan fingerprint density at radius 3 is 2.95 bits per heavy atom. The maximum Gasteiger partial charge on any atom is 0.271 e. The van der Waals surface area contributed by atoms with Crippen LogP contribution in [0.5, 0.6) is 0 Å². The zero-order valence-corrected chi connectivity index (χ0v) is 11.1. The van der Waals surface area contributed by atoms with Crippen LogP contribution in [0.4, 0.5) is 0 Å². The van der Waals surface area contributed by atoms with Crippen LogP contribution in [-0.2, 0) is 4.79 Å². The number of fused-ring (bicyclic) bond motifs is 1. The van der Waals surface area contributed by atoms with Crippen molar-refractivity contribution < 1.29 is 9.59 Å². The zero-order valence-electron chi connectivity index (χ0n) is 11.1. The van der Waals surface area contributed by atoms with E-state index in [1.165, 1.54) is 12.3 Å². The first-order chi connectivity index (χ1) is 9.69. The largest absolute Gasteiger partial charge is 0.356 e. The van der Waals surface area contributed by atoms with Crippen molar-refractivity contribution in [3.8, 4) is 6.07 Å². The van der Waals surface area contributed by atoms with Crippen LogP contribution >= 0.6 is 0 Å². The summed E-state index contributed by atoms with van der Waals surface area (Å²) in [5.41, 5.74) is 0.801. The molecule has 1 saturated carbocycles. The highest BCUT2D eigenvalue weighted by atomic mass is 16.2. The van der Waals surface area contributed by atoms with Gasteiger partial charge in [0.05, 0.1) is 11.6 Å². The van der Waals surface area contributed by atoms with Crippen molar-refractivity contribution in [2.45, 2.75) is 37.8 Å². The molecule has 2 atom stereocenters. The molecule has 6 heteroatoms. The van der Waals surface area contributed by atoms with Gasteiger partial charge in [-0.25, -0.2) is 0 Å². The summed E-state index contributed by atoms with van der Waals surface area (Å²) in [4.78, 5) is 28.8. The number of nitrogens with one attached hydrogen (secondary N) is 2. The summed E-state index contributed by atoms with van der Waals surface area (Å²) in [5, 5.41) is 11.8. The van der Waals surface area contributed by atoms with E-state index < -0.39 is 0 Å². The summed E-state index contributed by atoms with van der Waals surface area (Å²) in [6.07, 6.45) is 5.52. The van der Waals surface area contributed by atoms with E-state index in [0.717, 1.165) is 25.7 Å². The number of hydrogen-bond donors (Lipinski definition) is 2. The molecule has 2 N–H and O–H groups in total. The summed E-state index contributed by atoms with van der Waals surface area (Å²) >= 11 is 0. The molecule has 0 bridgehead atoms. The number of carbonyl (C=O) groups is 2. The van der Waals surface area contributed by atoms with Crippen LogP contribution in [-0.4, -0.2) is 40.3 Å². The molecule has 1 aromatic rings. The molecule has 0 aromatic carbocycles. The summed E-state index contributed by atoms with van der Waals surface area (Å²) < 4.78 is 0. The molecular formula is C14H16N4O2. The van der Waals surface area contributed by atoms with Crippen LogP contribution in [0.3, 0.4) is 0 Å². The first kappa shape index (κ1) is 12.7. The SMILES string of the molecule is N#Cc1c[nH]c(C(=O)N2CC(=O)N[C@@H]3CCCC[C@@H]32)c1. The van der Waals surface area contributed by atoms with E-state index in [1.807, 2.05) is 6.07 Å². The lowest BCUT2D eigenvalue weighted by atomic mass is 9.87. The van der Waals surface area contributed by atoms with Gasteiger partial charge >= 0.3 is 0 Å². The first-order valence-electron chi connectivity index (χ1n) is 6.88. The number of rotatable bonds is 1. The van der Waals surface area contributed by atoms with Gasteiger partial charge in [0.2, 0.25) is 5.91 Å². The van der Waals surface area contributed by atoms with E-state index in [0.29, 0.717) is 11.3 Å². The lowest BCUT2D eigenvalue weighted by Crippen LogP contribution is -2.62. The molecule has 2 heterocycles. The number of aromatic amines is 1. The summed E-state index contributed by atoms with van der Waals surface area (Å²) in [7, 11) is 0. The van der Waals surface area contributed by atoms with Crippen LogP contribution in [0.15, 0.2) is 12.3 Å². The molecule has 1 aliphatic heterocycles. The van der Waals surface area contributed by atoms with E-state index in [2.05, 4.69) is 10.3 Å². The third-order valence-corrected chi connectivity index (χ3v) is 4.09. The Labute approximate surface area is 116 Å². The van der Waals surface area contributed by atoms with Gasteiger partial charge in [-0.2, -0.15) is 5.26 Å². The van der Waals surface area contributed by atoms with Gasteiger partial charge in [-0.3, -0.25) is 9.59 Å². The minimum Gasteiger partial charge on any atom is -0.356 e. The van der Waals surface area contributed by atoms with Gasteiger partial charge in [0.1, 0.15) is 18.3 Å². The normalized spacial score (nSPS) is 25.6. The van der Waals surface area contributed by atoms with Gasteiger partial charge in [0.15, 0.2) is 0 Å². The molecule has 2 fully saturated rings. The number of amides is 2. The third-order valence-electron chi connectivity index (χ3n) is 4.09. The van der Waals surface area contributed by atoms with Gasteiger partial charge in [0.25, 0.3) is 5.91 Å². The zero-order chi connectivity index (χ0) is 14.1. The smallest absolute Gasteiger partial charge is 0.271 e. The number of hydrogen-bond acceptors (Lipinski definition) is 3. The van der Waals surface area contributed by atoms with Crippen LogP contribution in [0.1, 0.15) is 41.7 Å². The maximum atomic E-state index is 12.5. The fourth-order valence-electron chi connectivity index (χ4n) is 3.14. The number of carbonyl (C=O) groups excluding carboxylic acids is 2. The van der Waals surface area contributed by atoms with Gasteiger partial charge in [-0.05, 0) is 18.9 Å². The number of nitrogens with zero attached hydrogens (tertiary/aromatic N) is 2. The lowest BCUT2D eigenvalue weighted by molar-refractivity contribution is -0.127. The molecule has 3 rings (SSSR count). The van der Waals surface area contributed by atoms with Crippen LogP contribution in [0.25, 0.3) is 0 Å². The Morgan fingerprint density at radius 2 is 2.20 bits per heavy atom. The van der Waals surface area contributed by atoms with Crippen molar-refractivity contribution in [3.05, 3.63) is 23.5 Å². The van der Waals surface area contributed by atoms with E-state index in [-0.39, 0.29) is 30.4 Å². The predicted octanol–water partition coefficient (Wildman–Crippen LogP) is 0.770.